The molecule has 1 fully saturated rings. The van der Waals surface area contributed by atoms with Crippen molar-refractivity contribution >= 4 is 12.2 Å². The molecule has 2 rings (SSSR count). The normalized spacial score (nSPS) is 20.9. The van der Waals surface area contributed by atoms with Crippen LogP contribution in [-0.4, -0.2) is 54.9 Å². The Hall–Kier alpha value is -2.28. The number of carbonyl (C=O) groups is 2. The lowest BCUT2D eigenvalue weighted by Crippen LogP contribution is -2.60. The molecule has 2 atom stereocenters. The number of benzene rings is 1. The van der Waals surface area contributed by atoms with Crippen LogP contribution in [0, 0.1) is 0 Å². The minimum Gasteiger partial charge on any atom is -0.445 e. The van der Waals surface area contributed by atoms with Gasteiger partial charge in [-0.3, -0.25) is 0 Å². The van der Waals surface area contributed by atoms with Crippen molar-refractivity contribution < 1.29 is 19.1 Å². The first-order chi connectivity index (χ1) is 12.2. The van der Waals surface area contributed by atoms with Crippen molar-refractivity contribution in [2.45, 2.75) is 51.5 Å². The van der Waals surface area contributed by atoms with Gasteiger partial charge < -0.3 is 25.0 Å². The van der Waals surface area contributed by atoms with Crippen LogP contribution in [-0.2, 0) is 16.1 Å². The van der Waals surface area contributed by atoms with E-state index in [0.29, 0.717) is 6.54 Å². The van der Waals surface area contributed by atoms with E-state index >= 15 is 0 Å². The van der Waals surface area contributed by atoms with Gasteiger partial charge in [-0.25, -0.2) is 9.59 Å². The van der Waals surface area contributed by atoms with E-state index in [2.05, 4.69) is 15.5 Å². The third kappa shape index (κ3) is 6.92. The molecule has 0 aromatic heterocycles. The largest absolute Gasteiger partial charge is 0.445 e. The SMILES string of the molecule is CN1CC[C@H](NC(=O)OCc2ccccc2)[C@H](NC(=O)OC(C)(C)C)C1. The summed E-state index contributed by atoms with van der Waals surface area (Å²) in [6.07, 6.45) is -0.251. The summed E-state index contributed by atoms with van der Waals surface area (Å²) in [5, 5.41) is 5.73. The Balaban J connectivity index is 1.87. The molecule has 0 saturated carbocycles. The molecule has 7 heteroatoms. The summed E-state index contributed by atoms with van der Waals surface area (Å²) >= 11 is 0. The monoisotopic (exact) mass is 363 g/mol. The first-order valence-corrected chi connectivity index (χ1v) is 8.88. The molecule has 0 spiro atoms. The van der Waals surface area contributed by atoms with Crippen molar-refractivity contribution in [3.05, 3.63) is 35.9 Å². The third-order valence-electron chi connectivity index (χ3n) is 4.03. The van der Waals surface area contributed by atoms with Gasteiger partial charge in [-0.1, -0.05) is 30.3 Å². The molecule has 1 saturated heterocycles. The molecule has 26 heavy (non-hydrogen) atoms. The van der Waals surface area contributed by atoms with Gasteiger partial charge >= 0.3 is 12.2 Å². The molecule has 1 aliphatic rings. The number of hydrogen-bond donors (Lipinski definition) is 2. The molecule has 1 aromatic rings. The Morgan fingerprint density at radius 2 is 1.77 bits per heavy atom. The summed E-state index contributed by atoms with van der Waals surface area (Å²) in [7, 11) is 1.98. The van der Waals surface area contributed by atoms with Crippen LogP contribution in [0.2, 0.25) is 0 Å². The summed E-state index contributed by atoms with van der Waals surface area (Å²) in [4.78, 5) is 26.3. The van der Waals surface area contributed by atoms with Gasteiger partial charge in [0.05, 0.1) is 12.1 Å². The van der Waals surface area contributed by atoms with Crippen molar-refractivity contribution in [1.29, 1.82) is 0 Å². The Kier molecular flexibility index (Phi) is 6.85. The molecule has 7 nitrogen and oxygen atoms in total. The molecule has 1 aliphatic heterocycles. The van der Waals surface area contributed by atoms with E-state index in [1.54, 1.807) is 0 Å². The minimum absolute atomic E-state index is 0.206. The number of ether oxygens (including phenoxy) is 2. The zero-order chi connectivity index (χ0) is 19.2. The average molecular weight is 363 g/mol. The first-order valence-electron chi connectivity index (χ1n) is 8.88. The zero-order valence-electron chi connectivity index (χ0n) is 16.0. The van der Waals surface area contributed by atoms with Gasteiger partial charge in [0, 0.05) is 6.54 Å². The van der Waals surface area contributed by atoms with Crippen LogP contribution in [0.15, 0.2) is 30.3 Å². The Bertz CT molecular complexity index is 601. The maximum Gasteiger partial charge on any atom is 0.407 e. The lowest BCUT2D eigenvalue weighted by Gasteiger charge is -2.37. The molecule has 0 radical (unpaired) electrons. The third-order valence-corrected chi connectivity index (χ3v) is 4.03. The number of piperidine rings is 1. The lowest BCUT2D eigenvalue weighted by molar-refractivity contribution is 0.0453. The van der Waals surface area contributed by atoms with Crippen LogP contribution >= 0.6 is 0 Å². The summed E-state index contributed by atoms with van der Waals surface area (Å²) < 4.78 is 10.6. The van der Waals surface area contributed by atoms with Crippen LogP contribution in [0.3, 0.4) is 0 Å². The number of likely N-dealkylation sites (tertiary alicyclic amines) is 1. The second-order valence-corrected chi connectivity index (χ2v) is 7.62. The van der Waals surface area contributed by atoms with Gasteiger partial charge in [0.25, 0.3) is 0 Å². The fraction of sp³-hybridized carbons (Fsp3) is 0.579. The Morgan fingerprint density at radius 1 is 1.12 bits per heavy atom. The maximum absolute atomic E-state index is 12.1. The predicted octanol–water partition coefficient (Wildman–Crippen LogP) is 2.51. The maximum atomic E-state index is 12.1. The molecule has 0 bridgehead atoms. The smallest absolute Gasteiger partial charge is 0.407 e. The van der Waals surface area contributed by atoms with Crippen LogP contribution in [0.4, 0.5) is 9.59 Å². The molecule has 1 aromatic carbocycles. The number of carbonyl (C=O) groups excluding carboxylic acids is 2. The topological polar surface area (TPSA) is 79.9 Å². The number of nitrogens with one attached hydrogen (secondary N) is 2. The van der Waals surface area contributed by atoms with Gasteiger partial charge in [0.2, 0.25) is 0 Å². The van der Waals surface area contributed by atoms with Crippen molar-refractivity contribution in [1.82, 2.24) is 15.5 Å². The van der Waals surface area contributed by atoms with Gasteiger partial charge in [-0.15, -0.1) is 0 Å². The summed E-state index contributed by atoms with van der Waals surface area (Å²) in [6.45, 7) is 7.12. The Morgan fingerprint density at radius 3 is 2.42 bits per heavy atom. The zero-order valence-corrected chi connectivity index (χ0v) is 16.0. The molecule has 0 aliphatic carbocycles. The molecule has 2 N–H and O–H groups in total. The molecule has 2 amide bonds. The first kappa shape index (κ1) is 20.0. The van der Waals surface area contributed by atoms with Gasteiger partial charge in [-0.2, -0.15) is 0 Å². The van der Waals surface area contributed by atoms with Gasteiger partial charge in [0.15, 0.2) is 0 Å². The number of rotatable bonds is 4. The molecular formula is C19H29N3O4. The molecule has 0 unspecified atom stereocenters. The number of amides is 2. The quantitative estimate of drug-likeness (QED) is 0.859. The number of nitrogens with zero attached hydrogens (tertiary/aromatic N) is 1. The summed E-state index contributed by atoms with van der Waals surface area (Å²) in [6, 6.07) is 9.05. The molecular weight excluding hydrogens is 334 g/mol. The van der Waals surface area contributed by atoms with E-state index in [0.717, 1.165) is 18.5 Å². The highest BCUT2D eigenvalue weighted by atomic mass is 16.6. The highest BCUT2D eigenvalue weighted by Crippen LogP contribution is 2.13. The van der Waals surface area contributed by atoms with Crippen molar-refractivity contribution in [3.63, 3.8) is 0 Å². The Labute approximate surface area is 155 Å². The van der Waals surface area contributed by atoms with Gasteiger partial charge in [-0.05, 0) is 46.3 Å². The van der Waals surface area contributed by atoms with Crippen LogP contribution in [0.25, 0.3) is 0 Å². The highest BCUT2D eigenvalue weighted by molar-refractivity contribution is 5.70. The van der Waals surface area contributed by atoms with E-state index in [4.69, 9.17) is 9.47 Å². The van der Waals surface area contributed by atoms with Gasteiger partial charge in [0.1, 0.15) is 12.2 Å². The number of hydrogen-bond acceptors (Lipinski definition) is 5. The van der Waals surface area contributed by atoms with E-state index in [1.807, 2.05) is 58.2 Å². The number of likely N-dealkylation sites (N-methyl/N-ethyl adjacent to an activating group) is 1. The summed E-state index contributed by atoms with van der Waals surface area (Å²) in [5.74, 6) is 0. The summed E-state index contributed by atoms with van der Waals surface area (Å²) in [5.41, 5.74) is 0.358. The van der Waals surface area contributed by atoms with E-state index in [9.17, 15) is 9.59 Å². The van der Waals surface area contributed by atoms with Crippen molar-refractivity contribution in [3.8, 4) is 0 Å². The molecule has 144 valence electrons. The van der Waals surface area contributed by atoms with Crippen molar-refractivity contribution in [2.24, 2.45) is 0 Å². The van der Waals surface area contributed by atoms with Crippen LogP contribution in [0.1, 0.15) is 32.8 Å². The van der Waals surface area contributed by atoms with E-state index in [-0.39, 0.29) is 18.7 Å². The fourth-order valence-corrected chi connectivity index (χ4v) is 2.81. The molecule has 1 heterocycles. The van der Waals surface area contributed by atoms with E-state index in [1.165, 1.54) is 0 Å². The second kappa shape index (κ2) is 8.89. The average Bonchev–Trinajstić information content (AvgIpc) is 2.54. The second-order valence-electron chi connectivity index (χ2n) is 7.62. The standard InChI is InChI=1S/C19H29N3O4/c1-19(2,3)26-18(24)21-16-12-22(4)11-10-15(16)20-17(23)25-13-14-8-6-5-7-9-14/h5-9,15-16H,10-13H2,1-4H3,(H,20,23)(H,21,24)/t15-,16+/m0/s1. The van der Waals surface area contributed by atoms with E-state index < -0.39 is 17.8 Å². The lowest BCUT2D eigenvalue weighted by atomic mass is 10.00. The highest BCUT2D eigenvalue weighted by Gasteiger charge is 2.31. The van der Waals surface area contributed by atoms with Crippen LogP contribution < -0.4 is 10.6 Å². The van der Waals surface area contributed by atoms with Crippen molar-refractivity contribution in [2.75, 3.05) is 20.1 Å². The minimum atomic E-state index is -0.567. The fourth-order valence-electron chi connectivity index (χ4n) is 2.81. The predicted molar refractivity (Wildman–Crippen MR) is 98.8 cm³/mol. The van der Waals surface area contributed by atoms with Crippen LogP contribution in [0.5, 0.6) is 0 Å². The number of alkyl carbamates (subject to hydrolysis) is 2.